The summed E-state index contributed by atoms with van der Waals surface area (Å²) < 4.78 is 4.55. The second-order valence-electron chi connectivity index (χ2n) is 4.95. The molecule has 1 aliphatic rings. The quantitative estimate of drug-likeness (QED) is 0.558. The van der Waals surface area contributed by atoms with Crippen molar-refractivity contribution in [1.29, 1.82) is 0 Å². The number of carbonyl (C=O) groups excluding carboxylic acids is 2. The summed E-state index contributed by atoms with van der Waals surface area (Å²) in [7, 11) is 3.23. The molecule has 1 fully saturated rings. The molecule has 1 aliphatic carbocycles. The van der Waals surface area contributed by atoms with Crippen molar-refractivity contribution in [2.75, 3.05) is 20.7 Å². The average Bonchev–Trinajstić information content (AvgIpc) is 3.20. The molecule has 0 aliphatic heterocycles. The number of urea groups is 1. The third kappa shape index (κ3) is 4.94. The molecule has 0 bridgehead atoms. The summed E-state index contributed by atoms with van der Waals surface area (Å²) in [6, 6.07) is 0.299. The fourth-order valence-corrected chi connectivity index (χ4v) is 1.90. The molecule has 18 heavy (non-hydrogen) atoms. The normalized spacial score (nSPS) is 15.9. The minimum atomic E-state index is -0.194. The van der Waals surface area contributed by atoms with E-state index in [0.717, 1.165) is 12.8 Å². The average molecular weight is 256 g/mol. The predicted octanol–water partition coefficient (Wildman–Crippen LogP) is 1.77. The third-order valence-corrected chi connectivity index (χ3v) is 3.55. The van der Waals surface area contributed by atoms with Gasteiger partial charge in [0.1, 0.15) is 0 Å². The highest BCUT2D eigenvalue weighted by molar-refractivity contribution is 5.74. The highest BCUT2D eigenvalue weighted by Crippen LogP contribution is 2.34. The van der Waals surface area contributed by atoms with Crippen molar-refractivity contribution in [2.24, 2.45) is 5.92 Å². The van der Waals surface area contributed by atoms with Crippen LogP contribution in [0.4, 0.5) is 4.79 Å². The summed E-state index contributed by atoms with van der Waals surface area (Å²) in [6.07, 6.45) is 4.43. The van der Waals surface area contributed by atoms with E-state index >= 15 is 0 Å². The Bertz CT molecular complexity index is 290. The Morgan fingerprint density at radius 1 is 1.39 bits per heavy atom. The molecule has 104 valence electrons. The van der Waals surface area contributed by atoms with Crippen LogP contribution in [0.3, 0.4) is 0 Å². The zero-order valence-electron chi connectivity index (χ0n) is 11.6. The molecule has 0 heterocycles. The predicted molar refractivity (Wildman–Crippen MR) is 69.2 cm³/mol. The molecule has 0 aromatic heterocycles. The minimum absolute atomic E-state index is 0.0209. The molecule has 5 heteroatoms. The SMILES string of the molecule is COC(=O)CCCCNC(=O)N(C)C(C)C1CC1. The molecule has 0 spiro atoms. The van der Waals surface area contributed by atoms with Crippen molar-refractivity contribution in [2.45, 2.75) is 45.1 Å². The van der Waals surface area contributed by atoms with Crippen molar-refractivity contribution < 1.29 is 14.3 Å². The van der Waals surface area contributed by atoms with E-state index in [4.69, 9.17) is 0 Å². The van der Waals surface area contributed by atoms with Crippen molar-refractivity contribution in [3.8, 4) is 0 Å². The van der Waals surface area contributed by atoms with E-state index in [0.29, 0.717) is 24.9 Å². The first-order chi connectivity index (χ1) is 8.56. The monoisotopic (exact) mass is 256 g/mol. The van der Waals surface area contributed by atoms with E-state index in [1.165, 1.54) is 20.0 Å². The summed E-state index contributed by atoms with van der Waals surface area (Å²) in [5.41, 5.74) is 0. The van der Waals surface area contributed by atoms with Crippen LogP contribution in [0.5, 0.6) is 0 Å². The second kappa shape index (κ2) is 7.24. The van der Waals surface area contributed by atoms with Gasteiger partial charge in [0.15, 0.2) is 0 Å². The Morgan fingerprint density at radius 3 is 2.61 bits per heavy atom. The Labute approximate surface area is 109 Å². The second-order valence-corrected chi connectivity index (χ2v) is 4.95. The number of carbonyl (C=O) groups is 2. The summed E-state index contributed by atoms with van der Waals surface area (Å²) in [5.74, 6) is 0.487. The summed E-state index contributed by atoms with van der Waals surface area (Å²) in [6.45, 7) is 2.70. The van der Waals surface area contributed by atoms with Gasteiger partial charge in [0.05, 0.1) is 7.11 Å². The topological polar surface area (TPSA) is 58.6 Å². The van der Waals surface area contributed by atoms with Gasteiger partial charge in [-0.3, -0.25) is 4.79 Å². The van der Waals surface area contributed by atoms with Gasteiger partial charge in [-0.25, -0.2) is 4.79 Å². The first-order valence-corrected chi connectivity index (χ1v) is 6.63. The first-order valence-electron chi connectivity index (χ1n) is 6.63. The highest BCUT2D eigenvalue weighted by Gasteiger charge is 2.32. The summed E-state index contributed by atoms with van der Waals surface area (Å²) >= 11 is 0. The van der Waals surface area contributed by atoms with E-state index in [2.05, 4.69) is 17.0 Å². The number of hydrogen-bond acceptors (Lipinski definition) is 3. The van der Waals surface area contributed by atoms with Gasteiger partial charge in [0.25, 0.3) is 0 Å². The van der Waals surface area contributed by atoms with Gasteiger partial charge in [-0.15, -0.1) is 0 Å². The molecule has 0 saturated heterocycles. The van der Waals surface area contributed by atoms with Crippen LogP contribution in [0, 0.1) is 5.92 Å². The number of amides is 2. The van der Waals surface area contributed by atoms with Crippen LogP contribution < -0.4 is 5.32 Å². The maximum atomic E-state index is 11.8. The van der Waals surface area contributed by atoms with E-state index in [1.54, 1.807) is 4.90 Å². The largest absolute Gasteiger partial charge is 0.469 e. The molecule has 5 nitrogen and oxygen atoms in total. The molecule has 1 N–H and O–H groups in total. The number of rotatable bonds is 7. The molecule has 0 aromatic rings. The number of nitrogens with zero attached hydrogens (tertiary/aromatic N) is 1. The maximum absolute atomic E-state index is 11.8. The Balaban J connectivity index is 2.07. The van der Waals surface area contributed by atoms with Crippen LogP contribution in [-0.4, -0.2) is 43.6 Å². The Morgan fingerprint density at radius 2 is 2.06 bits per heavy atom. The smallest absolute Gasteiger partial charge is 0.317 e. The lowest BCUT2D eigenvalue weighted by Crippen LogP contribution is -2.43. The third-order valence-electron chi connectivity index (χ3n) is 3.55. The molecule has 2 amide bonds. The number of hydrogen-bond donors (Lipinski definition) is 1. The molecule has 0 aromatic carbocycles. The summed E-state index contributed by atoms with van der Waals surface area (Å²) in [4.78, 5) is 24.4. The zero-order valence-corrected chi connectivity index (χ0v) is 11.6. The van der Waals surface area contributed by atoms with Crippen molar-refractivity contribution in [1.82, 2.24) is 10.2 Å². The standard InChI is InChI=1S/C13H24N2O3/c1-10(11-7-8-11)15(2)13(17)14-9-5-4-6-12(16)18-3/h10-11H,4-9H2,1-3H3,(H,14,17). The van der Waals surface area contributed by atoms with Gasteiger partial charge in [-0.05, 0) is 38.5 Å². The van der Waals surface area contributed by atoms with Crippen LogP contribution >= 0.6 is 0 Å². The van der Waals surface area contributed by atoms with Crippen molar-refractivity contribution in [3.63, 3.8) is 0 Å². The van der Waals surface area contributed by atoms with Crippen LogP contribution in [0.1, 0.15) is 39.0 Å². The van der Waals surface area contributed by atoms with Crippen LogP contribution in [0.2, 0.25) is 0 Å². The van der Waals surface area contributed by atoms with Gasteiger partial charge in [-0.2, -0.15) is 0 Å². The molecular formula is C13H24N2O3. The van der Waals surface area contributed by atoms with E-state index in [1.807, 2.05) is 7.05 Å². The fourth-order valence-electron chi connectivity index (χ4n) is 1.90. The molecular weight excluding hydrogens is 232 g/mol. The maximum Gasteiger partial charge on any atom is 0.317 e. The number of esters is 1. The summed E-state index contributed by atoms with van der Waals surface area (Å²) in [5, 5.41) is 2.87. The van der Waals surface area contributed by atoms with Gasteiger partial charge in [-0.1, -0.05) is 0 Å². The molecule has 1 rings (SSSR count). The van der Waals surface area contributed by atoms with Crippen LogP contribution in [0.15, 0.2) is 0 Å². The lowest BCUT2D eigenvalue weighted by Gasteiger charge is -2.25. The van der Waals surface area contributed by atoms with Crippen molar-refractivity contribution >= 4 is 12.0 Å². The molecule has 1 atom stereocenters. The van der Waals surface area contributed by atoms with Gasteiger partial charge < -0.3 is 15.0 Å². The molecule has 0 radical (unpaired) electrons. The number of ether oxygens (including phenoxy) is 1. The van der Waals surface area contributed by atoms with Crippen LogP contribution in [-0.2, 0) is 9.53 Å². The van der Waals surface area contributed by atoms with Gasteiger partial charge in [0, 0.05) is 26.1 Å². The van der Waals surface area contributed by atoms with Gasteiger partial charge >= 0.3 is 12.0 Å². The number of methoxy groups -OCH3 is 1. The Kier molecular flexibility index (Phi) is 5.95. The highest BCUT2D eigenvalue weighted by atomic mass is 16.5. The first kappa shape index (κ1) is 14.8. The van der Waals surface area contributed by atoms with E-state index in [-0.39, 0.29) is 12.0 Å². The van der Waals surface area contributed by atoms with Crippen molar-refractivity contribution in [3.05, 3.63) is 0 Å². The van der Waals surface area contributed by atoms with Gasteiger partial charge in [0.2, 0.25) is 0 Å². The Hall–Kier alpha value is -1.26. The van der Waals surface area contributed by atoms with Crippen LogP contribution in [0.25, 0.3) is 0 Å². The molecule has 1 unspecified atom stereocenters. The van der Waals surface area contributed by atoms with E-state index < -0.39 is 0 Å². The lowest BCUT2D eigenvalue weighted by atomic mass is 10.2. The van der Waals surface area contributed by atoms with E-state index in [9.17, 15) is 9.59 Å². The number of nitrogens with one attached hydrogen (secondary N) is 1. The fraction of sp³-hybridized carbons (Fsp3) is 0.846. The lowest BCUT2D eigenvalue weighted by molar-refractivity contribution is -0.140. The minimum Gasteiger partial charge on any atom is -0.469 e. The number of unbranched alkanes of at least 4 members (excludes halogenated alkanes) is 1. The molecule has 1 saturated carbocycles. The zero-order chi connectivity index (χ0) is 13.5.